The molecule has 0 aromatic carbocycles. The number of aryl methyl sites for hydroxylation is 2. The van der Waals surface area contributed by atoms with Crippen LogP contribution < -0.4 is 35.1 Å². The van der Waals surface area contributed by atoms with Gasteiger partial charge in [-0.05, 0) is 50.2 Å². The fourth-order valence-corrected chi connectivity index (χ4v) is 6.48. The molecule has 22 heteroatoms. The molecular weight excluding hydrogens is 867 g/mol. The molecule has 1 aliphatic heterocycles. The number of imidazole rings is 2. The molecule has 0 atom stereocenters. The minimum Gasteiger partial charge on any atom is -0.480 e. The zero-order valence-corrected chi connectivity index (χ0v) is 35.8. The number of carboxylic acids is 1. The third kappa shape index (κ3) is 11.0. The van der Waals surface area contributed by atoms with E-state index in [4.69, 9.17) is 42.5 Å². The minimum absolute atomic E-state index is 0.00176. The molecule has 0 saturated carbocycles. The van der Waals surface area contributed by atoms with E-state index in [0.29, 0.717) is 17.1 Å². The standard InChI is InChI=1S/C19H21FN6O2.C15H12ClFN4O2.C7H6ClNO3/c1-12-10-26-11-13(9-15(20)17(26)22-12)23-18(27)14-3-4-16(24-19(14)28-2)25-7-5-21-6-8-25;1-8-6-21-7-9(5-11(17)13(21)18-8)19-14(22)10-3-4-12(16)20-15(10)23-2;1-12-6-4(7(10)11)2-3-5(8)9-6/h3-4,9-11,21H,5-8H2,1-2H3,(H,23,27);3-7H,1-2H3,(H,19,22);2-3H,1H3,(H,10,11). The number of fused-ring (bicyclic) bond motifs is 2. The fourth-order valence-electron chi connectivity index (χ4n) is 6.20. The lowest BCUT2D eigenvalue weighted by atomic mass is 10.2. The summed E-state index contributed by atoms with van der Waals surface area (Å²) in [6.07, 6.45) is 6.55. The van der Waals surface area contributed by atoms with Gasteiger partial charge < -0.3 is 49.0 Å². The first kappa shape index (κ1) is 45.4. The van der Waals surface area contributed by atoms with E-state index < -0.39 is 29.4 Å². The minimum atomic E-state index is -1.09. The van der Waals surface area contributed by atoms with Gasteiger partial charge in [0, 0.05) is 63.1 Å². The van der Waals surface area contributed by atoms with E-state index in [1.807, 2.05) is 0 Å². The predicted molar refractivity (Wildman–Crippen MR) is 230 cm³/mol. The number of carbonyl (C=O) groups excluding carboxylic acids is 2. The summed E-state index contributed by atoms with van der Waals surface area (Å²) in [6.45, 7) is 6.98. The molecule has 2 amide bonds. The first-order chi connectivity index (χ1) is 30.2. The van der Waals surface area contributed by atoms with Crippen LogP contribution >= 0.6 is 23.2 Å². The Kier molecular flexibility index (Phi) is 14.5. The second kappa shape index (κ2) is 20.1. The Hall–Kier alpha value is -7.16. The highest BCUT2D eigenvalue weighted by molar-refractivity contribution is 6.29. The molecule has 7 aromatic rings. The van der Waals surface area contributed by atoms with E-state index >= 15 is 0 Å². The van der Waals surface area contributed by atoms with Gasteiger partial charge in [0.05, 0.1) is 44.1 Å². The lowest BCUT2D eigenvalue weighted by Crippen LogP contribution is -2.43. The number of piperazine rings is 1. The molecule has 8 rings (SSSR count). The average Bonchev–Trinajstić information content (AvgIpc) is 3.85. The molecule has 0 radical (unpaired) electrons. The first-order valence-corrected chi connectivity index (χ1v) is 19.5. The van der Waals surface area contributed by atoms with Crippen molar-refractivity contribution < 1.29 is 42.5 Å². The first-order valence-electron chi connectivity index (χ1n) is 18.7. The summed E-state index contributed by atoms with van der Waals surface area (Å²) in [4.78, 5) is 58.0. The Balaban J connectivity index is 0.000000170. The van der Waals surface area contributed by atoms with E-state index in [9.17, 15) is 23.2 Å². The van der Waals surface area contributed by atoms with E-state index in [-0.39, 0.29) is 61.6 Å². The number of anilines is 3. The third-order valence-corrected chi connectivity index (χ3v) is 9.43. The lowest BCUT2D eigenvalue weighted by molar-refractivity contribution is 0.0692. The van der Waals surface area contributed by atoms with Crippen molar-refractivity contribution in [2.45, 2.75) is 13.8 Å². The number of methoxy groups -OCH3 is 3. The molecule has 7 aromatic heterocycles. The molecule has 1 fully saturated rings. The Labute approximate surface area is 367 Å². The van der Waals surface area contributed by atoms with Gasteiger partial charge in [0.15, 0.2) is 22.9 Å². The van der Waals surface area contributed by atoms with Crippen molar-refractivity contribution in [3.05, 3.63) is 123 Å². The highest BCUT2D eigenvalue weighted by atomic mass is 35.5. The van der Waals surface area contributed by atoms with Crippen LogP contribution in [0.3, 0.4) is 0 Å². The van der Waals surface area contributed by atoms with Crippen molar-refractivity contribution in [2.24, 2.45) is 0 Å². The Morgan fingerprint density at radius 2 is 1.08 bits per heavy atom. The molecule has 1 aliphatic rings. The van der Waals surface area contributed by atoms with Crippen LogP contribution in [0.15, 0.2) is 73.3 Å². The maximum Gasteiger partial charge on any atom is 0.341 e. The van der Waals surface area contributed by atoms with Crippen LogP contribution in [-0.4, -0.2) is 104 Å². The molecule has 0 aliphatic carbocycles. The normalized spacial score (nSPS) is 12.1. The van der Waals surface area contributed by atoms with E-state index in [2.05, 4.69) is 45.8 Å². The number of hydrogen-bond donors (Lipinski definition) is 4. The zero-order valence-electron chi connectivity index (χ0n) is 34.2. The van der Waals surface area contributed by atoms with Gasteiger partial charge in [-0.2, -0.15) is 4.98 Å². The maximum atomic E-state index is 14.2. The number of carboxylic acid groups (broad SMARTS) is 1. The van der Waals surface area contributed by atoms with E-state index in [0.717, 1.165) is 32.0 Å². The lowest BCUT2D eigenvalue weighted by Gasteiger charge is -2.28. The third-order valence-electron chi connectivity index (χ3n) is 9.01. The molecule has 1 saturated heterocycles. The number of carbonyl (C=O) groups is 3. The van der Waals surface area contributed by atoms with Crippen LogP contribution in [0.4, 0.5) is 26.0 Å². The summed E-state index contributed by atoms with van der Waals surface area (Å²) in [5.41, 5.74) is 2.87. The Bertz CT molecular complexity index is 2820. The van der Waals surface area contributed by atoms with Gasteiger partial charge in [-0.1, -0.05) is 23.2 Å². The number of amides is 2. The monoisotopic (exact) mass is 905 g/mol. The largest absolute Gasteiger partial charge is 0.480 e. The average molecular weight is 907 g/mol. The van der Waals surface area contributed by atoms with Crippen molar-refractivity contribution in [1.29, 1.82) is 0 Å². The number of aromatic nitrogens is 7. The van der Waals surface area contributed by atoms with Crippen LogP contribution in [0, 0.1) is 25.5 Å². The van der Waals surface area contributed by atoms with Gasteiger partial charge in [-0.25, -0.2) is 33.5 Å². The number of nitrogens with one attached hydrogen (secondary N) is 3. The Morgan fingerprint density at radius 3 is 1.54 bits per heavy atom. The van der Waals surface area contributed by atoms with Gasteiger partial charge in [-0.3, -0.25) is 9.59 Å². The number of hydrogen-bond acceptors (Lipinski definition) is 13. The summed E-state index contributed by atoms with van der Waals surface area (Å²) in [5.74, 6) is -1.93. The molecule has 63 heavy (non-hydrogen) atoms. The molecule has 8 heterocycles. The van der Waals surface area contributed by atoms with Gasteiger partial charge in [0.1, 0.15) is 32.8 Å². The van der Waals surface area contributed by atoms with Crippen molar-refractivity contribution in [3.63, 3.8) is 0 Å². The number of halogens is 4. The molecule has 18 nitrogen and oxygen atoms in total. The summed E-state index contributed by atoms with van der Waals surface area (Å²) in [5, 5.41) is 17.6. The van der Waals surface area contributed by atoms with Crippen LogP contribution in [0.1, 0.15) is 42.5 Å². The summed E-state index contributed by atoms with van der Waals surface area (Å²) in [7, 11) is 4.20. The fraction of sp³-hybridized carbons (Fsp3) is 0.220. The van der Waals surface area contributed by atoms with Crippen molar-refractivity contribution in [2.75, 3.05) is 63.0 Å². The Morgan fingerprint density at radius 1 is 0.651 bits per heavy atom. The topological polar surface area (TPSA) is 212 Å². The van der Waals surface area contributed by atoms with Crippen LogP contribution in [0.2, 0.25) is 10.3 Å². The number of aromatic carboxylic acids is 1. The summed E-state index contributed by atoms with van der Waals surface area (Å²) >= 11 is 11.3. The van der Waals surface area contributed by atoms with Gasteiger partial charge in [0.2, 0.25) is 17.6 Å². The smallest absolute Gasteiger partial charge is 0.341 e. The van der Waals surface area contributed by atoms with Crippen LogP contribution in [0.25, 0.3) is 11.3 Å². The number of nitrogens with zero attached hydrogens (tertiary/aromatic N) is 8. The van der Waals surface area contributed by atoms with Crippen LogP contribution in [0.5, 0.6) is 17.6 Å². The maximum absolute atomic E-state index is 14.2. The second-order valence-corrected chi connectivity index (χ2v) is 14.2. The number of rotatable bonds is 9. The molecule has 328 valence electrons. The zero-order chi connectivity index (χ0) is 45.4. The highest BCUT2D eigenvalue weighted by Crippen LogP contribution is 2.25. The van der Waals surface area contributed by atoms with Gasteiger partial charge >= 0.3 is 5.97 Å². The van der Waals surface area contributed by atoms with Gasteiger partial charge in [-0.15, -0.1) is 0 Å². The second-order valence-electron chi connectivity index (χ2n) is 13.4. The number of pyridine rings is 5. The molecular formula is C41H39Cl2F2N11O7. The summed E-state index contributed by atoms with van der Waals surface area (Å²) in [6, 6.07) is 11.6. The van der Waals surface area contributed by atoms with E-state index in [1.165, 1.54) is 62.1 Å². The molecule has 0 unspecified atom stereocenters. The van der Waals surface area contributed by atoms with E-state index in [1.54, 1.807) is 55.2 Å². The quantitative estimate of drug-likeness (QED) is 0.116. The van der Waals surface area contributed by atoms with Crippen LogP contribution in [-0.2, 0) is 0 Å². The highest BCUT2D eigenvalue weighted by Gasteiger charge is 2.20. The molecule has 0 spiro atoms. The number of ether oxygens (including phenoxy) is 3. The molecule has 4 N–H and O–H groups in total. The van der Waals surface area contributed by atoms with Crippen molar-refractivity contribution in [1.82, 2.24) is 39.0 Å². The SMILES string of the molecule is COc1nc(Cl)ccc1C(=O)Nc1cc(F)c2nc(C)cn2c1.COc1nc(Cl)ccc1C(=O)O.COc1nc(N2CCNCC2)ccc1C(=O)Nc1cc(F)c2nc(C)cn2c1. The van der Waals surface area contributed by atoms with Gasteiger partial charge in [0.25, 0.3) is 11.8 Å². The van der Waals surface area contributed by atoms with Crippen molar-refractivity contribution in [3.8, 4) is 17.6 Å². The summed E-state index contributed by atoms with van der Waals surface area (Å²) < 4.78 is 46.4. The molecule has 0 bridgehead atoms. The van der Waals surface area contributed by atoms with Crippen molar-refractivity contribution >= 4 is 69.5 Å². The predicted octanol–water partition coefficient (Wildman–Crippen LogP) is 6.38.